The molecule has 2 rings (SSSR count). The first-order chi connectivity index (χ1) is 10.8. The van der Waals surface area contributed by atoms with Gasteiger partial charge < -0.3 is 4.74 Å². The zero-order valence-electron chi connectivity index (χ0n) is 12.3. The number of carbonyl (C=O) groups excluding carboxylic acids is 1. The Morgan fingerprint density at radius 3 is 2.65 bits per heavy atom. The second-order valence-corrected chi connectivity index (χ2v) is 4.55. The number of halogens is 3. The van der Waals surface area contributed by atoms with E-state index >= 15 is 0 Å². The van der Waals surface area contributed by atoms with Crippen molar-refractivity contribution in [2.45, 2.75) is 20.0 Å². The average Bonchev–Trinajstić information content (AvgIpc) is 2.46. The highest BCUT2D eigenvalue weighted by molar-refractivity contribution is 5.85. The number of ether oxygens (including phenoxy) is 1. The fraction of sp³-hybridized carbons (Fsp3) is 0.286. The van der Waals surface area contributed by atoms with Gasteiger partial charge in [-0.15, -0.1) is 0 Å². The molecule has 9 heteroatoms. The molecule has 2 aromatic heterocycles. The van der Waals surface area contributed by atoms with Crippen molar-refractivity contribution in [3.05, 3.63) is 35.9 Å². The van der Waals surface area contributed by atoms with E-state index in [1.807, 2.05) is 5.32 Å². The average molecular weight is 326 g/mol. The first-order valence-corrected chi connectivity index (χ1v) is 6.61. The molecule has 0 fully saturated rings. The Labute approximate surface area is 129 Å². The van der Waals surface area contributed by atoms with E-state index in [0.717, 1.165) is 11.8 Å². The molecule has 0 aliphatic heterocycles. The molecule has 0 saturated heterocycles. The number of nitrogens with zero attached hydrogens (tertiary/aromatic N) is 3. The fourth-order valence-corrected chi connectivity index (χ4v) is 1.78. The molecule has 0 aliphatic rings. The van der Waals surface area contributed by atoms with Crippen molar-refractivity contribution in [2.24, 2.45) is 0 Å². The Balaban J connectivity index is 2.44. The normalized spacial score (nSPS) is 11.2. The molecule has 2 heterocycles. The predicted molar refractivity (Wildman–Crippen MR) is 75.6 cm³/mol. The molecule has 23 heavy (non-hydrogen) atoms. The molecular formula is C14H13F3N4O2. The van der Waals surface area contributed by atoms with Crippen LogP contribution in [-0.4, -0.2) is 27.7 Å². The SMILES string of the molecule is CCOC(=O)Nc1cnc(-c2cncc(C)c2)nc1C(F)(F)F. The summed E-state index contributed by atoms with van der Waals surface area (Å²) in [5.74, 6) is -0.136. The summed E-state index contributed by atoms with van der Waals surface area (Å²) in [6.07, 6.45) is -1.95. The number of pyridine rings is 1. The summed E-state index contributed by atoms with van der Waals surface area (Å²) >= 11 is 0. The molecule has 6 nitrogen and oxygen atoms in total. The number of hydrogen-bond acceptors (Lipinski definition) is 5. The second-order valence-electron chi connectivity index (χ2n) is 4.55. The van der Waals surface area contributed by atoms with Gasteiger partial charge in [0, 0.05) is 18.0 Å². The van der Waals surface area contributed by atoms with E-state index in [4.69, 9.17) is 0 Å². The number of aryl methyl sites for hydroxylation is 1. The minimum atomic E-state index is -4.76. The smallest absolute Gasteiger partial charge is 0.435 e. The van der Waals surface area contributed by atoms with E-state index in [2.05, 4.69) is 19.7 Å². The van der Waals surface area contributed by atoms with Gasteiger partial charge in [-0.25, -0.2) is 14.8 Å². The van der Waals surface area contributed by atoms with Gasteiger partial charge in [0.15, 0.2) is 11.5 Å². The van der Waals surface area contributed by atoms with Gasteiger partial charge in [0.2, 0.25) is 0 Å². The topological polar surface area (TPSA) is 77.0 Å². The number of nitrogens with one attached hydrogen (secondary N) is 1. The summed E-state index contributed by atoms with van der Waals surface area (Å²) < 4.78 is 44.0. The monoisotopic (exact) mass is 326 g/mol. The summed E-state index contributed by atoms with van der Waals surface area (Å²) in [5.41, 5.74) is -0.719. The molecule has 0 atom stereocenters. The lowest BCUT2D eigenvalue weighted by molar-refractivity contribution is -0.140. The van der Waals surface area contributed by atoms with Crippen LogP contribution in [0.15, 0.2) is 24.7 Å². The van der Waals surface area contributed by atoms with Gasteiger partial charge in [-0.2, -0.15) is 13.2 Å². The van der Waals surface area contributed by atoms with E-state index in [1.54, 1.807) is 19.2 Å². The van der Waals surface area contributed by atoms with Crippen molar-refractivity contribution in [1.29, 1.82) is 0 Å². The van der Waals surface area contributed by atoms with Crippen LogP contribution in [0.5, 0.6) is 0 Å². The first-order valence-electron chi connectivity index (χ1n) is 6.61. The molecule has 0 aliphatic carbocycles. The minimum Gasteiger partial charge on any atom is -0.450 e. The van der Waals surface area contributed by atoms with Gasteiger partial charge in [0.05, 0.1) is 18.5 Å². The van der Waals surface area contributed by atoms with Gasteiger partial charge in [0.25, 0.3) is 0 Å². The highest BCUT2D eigenvalue weighted by Gasteiger charge is 2.37. The largest absolute Gasteiger partial charge is 0.450 e. The van der Waals surface area contributed by atoms with Crippen LogP contribution in [0.3, 0.4) is 0 Å². The quantitative estimate of drug-likeness (QED) is 0.935. The molecule has 0 bridgehead atoms. The molecule has 0 saturated carbocycles. The van der Waals surface area contributed by atoms with Crippen LogP contribution in [-0.2, 0) is 10.9 Å². The Kier molecular flexibility index (Phi) is 4.77. The lowest BCUT2D eigenvalue weighted by Gasteiger charge is -2.13. The highest BCUT2D eigenvalue weighted by Crippen LogP contribution is 2.34. The van der Waals surface area contributed by atoms with Gasteiger partial charge in [0.1, 0.15) is 0 Å². The third kappa shape index (κ3) is 4.15. The van der Waals surface area contributed by atoms with Crippen LogP contribution in [0.4, 0.5) is 23.7 Å². The van der Waals surface area contributed by atoms with E-state index < -0.39 is 23.7 Å². The van der Waals surface area contributed by atoms with Crippen molar-refractivity contribution in [1.82, 2.24) is 15.0 Å². The van der Waals surface area contributed by atoms with Gasteiger partial charge in [-0.1, -0.05) is 0 Å². The van der Waals surface area contributed by atoms with Crippen molar-refractivity contribution in [3.8, 4) is 11.4 Å². The van der Waals surface area contributed by atoms with E-state index in [-0.39, 0.29) is 12.4 Å². The Morgan fingerprint density at radius 1 is 1.30 bits per heavy atom. The van der Waals surface area contributed by atoms with Crippen LogP contribution in [0.2, 0.25) is 0 Å². The summed E-state index contributed by atoms with van der Waals surface area (Å²) in [6, 6.07) is 1.61. The molecule has 1 N–H and O–H groups in total. The maximum Gasteiger partial charge on any atom is 0.435 e. The summed E-state index contributed by atoms with van der Waals surface area (Å²) in [7, 11) is 0. The molecule has 0 aromatic carbocycles. The van der Waals surface area contributed by atoms with Crippen molar-refractivity contribution < 1.29 is 22.7 Å². The van der Waals surface area contributed by atoms with Crippen LogP contribution < -0.4 is 5.32 Å². The van der Waals surface area contributed by atoms with Crippen molar-refractivity contribution >= 4 is 11.8 Å². The summed E-state index contributed by atoms with van der Waals surface area (Å²) in [4.78, 5) is 22.6. The Morgan fingerprint density at radius 2 is 2.04 bits per heavy atom. The molecule has 0 radical (unpaired) electrons. The van der Waals surface area contributed by atoms with Crippen LogP contribution in [0.1, 0.15) is 18.2 Å². The van der Waals surface area contributed by atoms with Crippen molar-refractivity contribution in [2.75, 3.05) is 11.9 Å². The van der Waals surface area contributed by atoms with E-state index in [9.17, 15) is 18.0 Å². The molecular weight excluding hydrogens is 313 g/mol. The standard InChI is InChI=1S/C14H13F3N4O2/c1-3-23-13(22)20-10-7-19-12(21-11(10)14(15,16)17)9-4-8(2)5-18-6-9/h4-7H,3H2,1-2H3,(H,20,22). The second kappa shape index (κ2) is 6.59. The predicted octanol–water partition coefficient (Wildman–Crippen LogP) is 3.43. The van der Waals surface area contributed by atoms with Gasteiger partial charge >= 0.3 is 12.3 Å². The molecule has 122 valence electrons. The van der Waals surface area contributed by atoms with E-state index in [1.165, 1.54) is 13.1 Å². The number of aromatic nitrogens is 3. The van der Waals surface area contributed by atoms with Gasteiger partial charge in [-0.05, 0) is 25.5 Å². The minimum absolute atomic E-state index is 0.0289. The number of rotatable bonds is 3. The third-order valence-corrected chi connectivity index (χ3v) is 2.70. The lowest BCUT2D eigenvalue weighted by atomic mass is 10.2. The molecule has 0 spiro atoms. The molecule has 1 amide bonds. The zero-order valence-corrected chi connectivity index (χ0v) is 12.3. The number of amides is 1. The van der Waals surface area contributed by atoms with Crippen LogP contribution >= 0.6 is 0 Å². The maximum absolute atomic E-state index is 13.2. The molecule has 0 unspecified atom stereocenters. The lowest BCUT2D eigenvalue weighted by Crippen LogP contribution is -2.19. The zero-order chi connectivity index (χ0) is 17.0. The van der Waals surface area contributed by atoms with Crippen LogP contribution in [0.25, 0.3) is 11.4 Å². The number of alkyl halides is 3. The van der Waals surface area contributed by atoms with Gasteiger partial charge in [-0.3, -0.25) is 10.3 Å². The highest BCUT2D eigenvalue weighted by atomic mass is 19.4. The maximum atomic E-state index is 13.2. The third-order valence-electron chi connectivity index (χ3n) is 2.70. The number of anilines is 1. The summed E-state index contributed by atoms with van der Waals surface area (Å²) in [6.45, 7) is 3.31. The van der Waals surface area contributed by atoms with Crippen molar-refractivity contribution in [3.63, 3.8) is 0 Å². The first kappa shape index (κ1) is 16.7. The summed E-state index contributed by atoms with van der Waals surface area (Å²) in [5, 5.41) is 1.99. The molecule has 2 aromatic rings. The fourth-order valence-electron chi connectivity index (χ4n) is 1.78. The Bertz CT molecular complexity index is 719. The van der Waals surface area contributed by atoms with E-state index in [0.29, 0.717) is 5.56 Å². The van der Waals surface area contributed by atoms with Crippen LogP contribution in [0, 0.1) is 6.92 Å². The number of carbonyl (C=O) groups is 1. The Hall–Kier alpha value is -2.71. The number of hydrogen-bond donors (Lipinski definition) is 1.